The Kier molecular flexibility index (Phi) is 5.79. The first kappa shape index (κ1) is 11.1. The summed E-state index contributed by atoms with van der Waals surface area (Å²) in [6.07, 6.45) is -0.913. The van der Waals surface area contributed by atoms with E-state index < -0.39 is 32.2 Å². The molecule has 0 radical (unpaired) electrons. The van der Waals surface area contributed by atoms with E-state index in [0.717, 1.165) is 0 Å². The minimum atomic E-state index is -1.02. The summed E-state index contributed by atoms with van der Waals surface area (Å²) in [7, 11) is 0. The van der Waals surface area contributed by atoms with Gasteiger partial charge in [-0.15, -0.1) is 0 Å². The second-order valence-electron chi connectivity index (χ2n) is 2.35. The molecule has 0 aliphatic heterocycles. The van der Waals surface area contributed by atoms with Crippen LogP contribution >= 0.6 is 20.1 Å². The van der Waals surface area contributed by atoms with Crippen LogP contribution in [0, 0.1) is 0 Å². The monoisotopic (exact) mass is 275 g/mol. The third-order valence-corrected chi connectivity index (χ3v) is 2.96. The van der Waals surface area contributed by atoms with Crippen LogP contribution in [-0.2, 0) is 4.79 Å². The molecular formula is C6H14INO3. The van der Waals surface area contributed by atoms with Crippen LogP contribution in [0.1, 0.15) is 6.42 Å². The summed E-state index contributed by atoms with van der Waals surface area (Å²) >= 11 is -1.02. The Balaban J connectivity index is 3.37. The molecule has 5 heteroatoms. The topological polar surface area (TPSA) is 69.6 Å². The molecule has 0 rings (SSSR count). The molecule has 0 bridgehead atoms. The van der Waals surface area contributed by atoms with Gasteiger partial charge in [0.05, 0.1) is 0 Å². The van der Waals surface area contributed by atoms with Crippen molar-refractivity contribution in [2.24, 2.45) is 0 Å². The molecule has 68 valence electrons. The summed E-state index contributed by atoms with van der Waals surface area (Å²) in [5.41, 5.74) is 0. The van der Waals surface area contributed by atoms with Gasteiger partial charge >= 0.3 is 73.5 Å². The molecule has 0 heterocycles. The number of carboxylic acids is 1. The Morgan fingerprint density at radius 1 is 1.64 bits per heavy atom. The van der Waals surface area contributed by atoms with Crippen molar-refractivity contribution in [1.29, 1.82) is 0 Å². The summed E-state index contributed by atoms with van der Waals surface area (Å²) in [6.45, 7) is 0.407. The van der Waals surface area contributed by atoms with E-state index in [-0.39, 0.29) is 6.42 Å². The molecular weight excluding hydrogens is 261 g/mol. The Morgan fingerprint density at radius 3 is 2.55 bits per heavy atom. The number of hydrogen-bond acceptors (Lipinski definition) is 3. The third kappa shape index (κ3) is 8.02. The zero-order chi connectivity index (χ0) is 8.85. The molecule has 0 aromatic heterocycles. The molecule has 0 amide bonds. The second-order valence-corrected chi connectivity index (χ2v) is 7.42. The van der Waals surface area contributed by atoms with Crippen molar-refractivity contribution in [2.75, 3.05) is 16.4 Å². The third-order valence-electron chi connectivity index (χ3n) is 0.990. The fraction of sp³-hybridized carbons (Fsp3) is 0.833. The van der Waals surface area contributed by atoms with E-state index in [1.807, 2.05) is 0 Å². The molecule has 0 aromatic rings. The minimum absolute atomic E-state index is 0.170. The van der Waals surface area contributed by atoms with Gasteiger partial charge < -0.3 is 0 Å². The molecule has 11 heavy (non-hydrogen) atoms. The van der Waals surface area contributed by atoms with E-state index in [0.29, 0.717) is 6.54 Å². The summed E-state index contributed by atoms with van der Waals surface area (Å²) in [5, 5.41) is 17.3. The summed E-state index contributed by atoms with van der Waals surface area (Å²) in [4.78, 5) is 14.3. The summed E-state index contributed by atoms with van der Waals surface area (Å²) in [5.74, 6) is -0.952. The molecule has 0 spiro atoms. The molecule has 0 saturated carbocycles. The van der Waals surface area contributed by atoms with Crippen LogP contribution in [0.25, 0.3) is 0 Å². The number of rotatable bonds is 5. The summed E-state index contributed by atoms with van der Waals surface area (Å²) in [6, 6.07) is 0. The molecule has 0 aliphatic rings. The van der Waals surface area contributed by atoms with Crippen LogP contribution in [-0.4, -0.2) is 38.7 Å². The second kappa shape index (κ2) is 5.73. The van der Waals surface area contributed by atoms with Crippen molar-refractivity contribution < 1.29 is 15.0 Å². The van der Waals surface area contributed by atoms with Crippen molar-refractivity contribution in [2.45, 2.75) is 12.5 Å². The van der Waals surface area contributed by atoms with Crippen LogP contribution in [0.4, 0.5) is 0 Å². The van der Waals surface area contributed by atoms with Crippen molar-refractivity contribution in [3.05, 3.63) is 0 Å². The molecule has 0 aromatic carbocycles. The van der Waals surface area contributed by atoms with Gasteiger partial charge in [-0.1, -0.05) is 0 Å². The van der Waals surface area contributed by atoms with Gasteiger partial charge in [0, 0.05) is 0 Å². The van der Waals surface area contributed by atoms with E-state index in [9.17, 15) is 4.79 Å². The van der Waals surface area contributed by atoms with Gasteiger partial charge in [0.1, 0.15) is 0 Å². The van der Waals surface area contributed by atoms with Gasteiger partial charge in [0.25, 0.3) is 0 Å². The van der Waals surface area contributed by atoms with Crippen molar-refractivity contribution >= 4 is 26.1 Å². The van der Waals surface area contributed by atoms with Crippen molar-refractivity contribution in [1.82, 2.24) is 3.53 Å². The predicted molar refractivity (Wildman–Crippen MR) is 52.1 cm³/mol. The van der Waals surface area contributed by atoms with Gasteiger partial charge in [0.2, 0.25) is 0 Å². The van der Waals surface area contributed by atoms with Crippen LogP contribution in [0.15, 0.2) is 0 Å². The quantitative estimate of drug-likeness (QED) is 0.378. The van der Waals surface area contributed by atoms with Gasteiger partial charge in [-0.05, 0) is 0 Å². The van der Waals surface area contributed by atoms with Gasteiger partial charge in [-0.2, -0.15) is 0 Å². The fourth-order valence-electron chi connectivity index (χ4n) is 0.517. The zero-order valence-corrected chi connectivity index (χ0v) is 8.83. The first-order chi connectivity index (χ1) is 5.02. The number of carboxylic acid groups (broad SMARTS) is 1. The van der Waals surface area contributed by atoms with E-state index in [1.165, 1.54) is 0 Å². The van der Waals surface area contributed by atoms with E-state index in [4.69, 9.17) is 10.2 Å². The number of aliphatic carboxylic acids is 1. The predicted octanol–water partition coefficient (Wildman–Crippen LogP) is 0.0926. The van der Waals surface area contributed by atoms with Crippen molar-refractivity contribution in [3.8, 4) is 0 Å². The number of aliphatic hydroxyl groups excluding tert-OH is 1. The molecule has 0 aliphatic carbocycles. The number of carbonyl (C=O) groups is 1. The number of aliphatic hydroxyl groups is 1. The van der Waals surface area contributed by atoms with E-state index >= 15 is 0 Å². The van der Waals surface area contributed by atoms with E-state index in [2.05, 4.69) is 13.4 Å². The zero-order valence-electron chi connectivity index (χ0n) is 6.67. The Hall–Kier alpha value is 0.120. The van der Waals surface area contributed by atoms with Crippen LogP contribution in [0.2, 0.25) is 0 Å². The first-order valence-electron chi connectivity index (χ1n) is 3.15. The Labute approximate surface area is 73.7 Å². The molecule has 0 saturated heterocycles. The Morgan fingerprint density at radius 2 is 2.18 bits per heavy atom. The number of nitrogens with one attached hydrogen (secondary N) is 1. The maximum atomic E-state index is 10.1. The number of alkyl halides is 2. The van der Waals surface area contributed by atoms with Gasteiger partial charge in [0.15, 0.2) is 0 Å². The fourth-order valence-corrected chi connectivity index (χ4v) is 1.91. The SMILES string of the molecule is CI(C)NCC(O)CC(=O)O. The summed E-state index contributed by atoms with van der Waals surface area (Å²) < 4.78 is 3.09. The molecule has 0 fully saturated rings. The molecule has 4 nitrogen and oxygen atoms in total. The normalized spacial score (nSPS) is 14.3. The maximum absolute atomic E-state index is 10.1. The standard InChI is InChI=1S/C6H14INO3/c1-7(2)8-4-5(9)3-6(10)11/h5,8-9H,3-4H2,1-2H3,(H,10,11). The van der Waals surface area contributed by atoms with E-state index in [1.54, 1.807) is 0 Å². The number of halogens is 1. The average Bonchev–Trinajstić information content (AvgIpc) is 1.82. The average molecular weight is 275 g/mol. The molecule has 1 atom stereocenters. The Bertz CT molecular complexity index is 129. The van der Waals surface area contributed by atoms with Crippen LogP contribution in [0.5, 0.6) is 0 Å². The first-order valence-corrected chi connectivity index (χ1v) is 8.55. The number of hydrogen-bond donors (Lipinski definition) is 3. The van der Waals surface area contributed by atoms with Gasteiger partial charge in [-0.25, -0.2) is 0 Å². The van der Waals surface area contributed by atoms with Crippen LogP contribution in [0.3, 0.4) is 0 Å². The molecule has 1 unspecified atom stereocenters. The van der Waals surface area contributed by atoms with Crippen molar-refractivity contribution in [3.63, 3.8) is 0 Å². The van der Waals surface area contributed by atoms with Crippen LogP contribution < -0.4 is 3.53 Å². The van der Waals surface area contributed by atoms with Gasteiger partial charge in [-0.3, -0.25) is 0 Å². The molecule has 3 N–H and O–H groups in total.